The first kappa shape index (κ1) is 15.0. The Labute approximate surface area is 131 Å². The molecule has 0 saturated heterocycles. The smallest absolute Gasteiger partial charge is 0.256 e. The summed E-state index contributed by atoms with van der Waals surface area (Å²) in [5, 5.41) is 9.43. The zero-order valence-corrected chi connectivity index (χ0v) is 13.1. The van der Waals surface area contributed by atoms with Crippen molar-refractivity contribution in [2.45, 2.75) is 51.7 Å². The van der Waals surface area contributed by atoms with Gasteiger partial charge in [-0.1, -0.05) is 49.1 Å². The van der Waals surface area contributed by atoms with Gasteiger partial charge in [0, 0.05) is 11.6 Å². The highest BCUT2D eigenvalue weighted by Gasteiger charge is 2.20. The number of aliphatic hydroxyl groups excluding tert-OH is 1. The Balaban J connectivity index is 2.14. The van der Waals surface area contributed by atoms with E-state index in [1.165, 1.54) is 24.8 Å². The van der Waals surface area contributed by atoms with Gasteiger partial charge in [-0.3, -0.25) is 4.79 Å². The highest BCUT2D eigenvalue weighted by molar-refractivity contribution is 5.60. The van der Waals surface area contributed by atoms with Gasteiger partial charge in [0.1, 0.15) is 0 Å². The third kappa shape index (κ3) is 2.86. The largest absolute Gasteiger partial charge is 0.391 e. The molecule has 0 atom stereocenters. The second-order valence-electron chi connectivity index (χ2n) is 6.23. The number of hydrogen-bond acceptors (Lipinski definition) is 2. The number of aryl methyl sites for hydroxylation is 1. The molecule has 1 aliphatic rings. The van der Waals surface area contributed by atoms with Crippen LogP contribution in [0, 0.1) is 6.92 Å². The van der Waals surface area contributed by atoms with E-state index in [1.807, 2.05) is 10.6 Å². The van der Waals surface area contributed by atoms with Crippen LogP contribution >= 0.6 is 0 Å². The molecule has 2 aromatic rings. The molecule has 0 spiro atoms. The molecule has 3 heteroatoms. The van der Waals surface area contributed by atoms with E-state index in [0.29, 0.717) is 5.56 Å². The SMILES string of the molecule is Cc1ccc(-c2ccc(CO)c(=O)n2C2CCCCC2)cc1. The lowest BCUT2D eigenvalue weighted by atomic mass is 9.94. The summed E-state index contributed by atoms with van der Waals surface area (Å²) in [4.78, 5) is 12.8. The molecule has 1 aromatic carbocycles. The summed E-state index contributed by atoms with van der Waals surface area (Å²) in [7, 11) is 0. The summed E-state index contributed by atoms with van der Waals surface area (Å²) in [5.74, 6) is 0. The highest BCUT2D eigenvalue weighted by Crippen LogP contribution is 2.31. The van der Waals surface area contributed by atoms with Crippen LogP contribution in [-0.4, -0.2) is 9.67 Å². The van der Waals surface area contributed by atoms with E-state index in [4.69, 9.17) is 0 Å². The lowest BCUT2D eigenvalue weighted by molar-refractivity contribution is 0.276. The van der Waals surface area contributed by atoms with Crippen LogP contribution in [0.1, 0.15) is 49.3 Å². The van der Waals surface area contributed by atoms with E-state index in [1.54, 1.807) is 6.07 Å². The molecule has 3 nitrogen and oxygen atoms in total. The molecule has 1 fully saturated rings. The average molecular weight is 297 g/mol. The molecule has 1 saturated carbocycles. The molecule has 0 unspecified atom stereocenters. The summed E-state index contributed by atoms with van der Waals surface area (Å²) < 4.78 is 1.93. The van der Waals surface area contributed by atoms with Gasteiger partial charge in [-0.05, 0) is 37.5 Å². The first-order valence-electron chi connectivity index (χ1n) is 8.13. The van der Waals surface area contributed by atoms with Gasteiger partial charge in [0.2, 0.25) is 0 Å². The van der Waals surface area contributed by atoms with Gasteiger partial charge in [0.05, 0.1) is 12.3 Å². The number of hydrogen-bond donors (Lipinski definition) is 1. The van der Waals surface area contributed by atoms with Crippen molar-refractivity contribution in [1.82, 2.24) is 4.57 Å². The van der Waals surface area contributed by atoms with Crippen molar-refractivity contribution in [3.63, 3.8) is 0 Å². The van der Waals surface area contributed by atoms with Gasteiger partial charge >= 0.3 is 0 Å². The van der Waals surface area contributed by atoms with Crippen molar-refractivity contribution >= 4 is 0 Å². The minimum atomic E-state index is -0.195. The normalized spacial score (nSPS) is 15.9. The average Bonchev–Trinajstić information content (AvgIpc) is 2.56. The molecule has 0 aliphatic heterocycles. The van der Waals surface area contributed by atoms with E-state index in [0.717, 1.165) is 24.1 Å². The molecule has 1 N–H and O–H groups in total. The zero-order chi connectivity index (χ0) is 15.5. The minimum absolute atomic E-state index is 0.0347. The maximum absolute atomic E-state index is 12.8. The van der Waals surface area contributed by atoms with Crippen molar-refractivity contribution in [2.75, 3.05) is 0 Å². The standard InChI is InChI=1S/C19H23NO2/c1-14-7-9-15(10-8-14)18-12-11-16(13-21)19(22)20(18)17-5-3-2-4-6-17/h7-12,17,21H,2-6,13H2,1H3. The lowest BCUT2D eigenvalue weighted by Crippen LogP contribution is -2.30. The fraction of sp³-hybridized carbons (Fsp3) is 0.421. The summed E-state index contributed by atoms with van der Waals surface area (Å²) in [6, 6.07) is 12.3. The van der Waals surface area contributed by atoms with Crippen LogP contribution in [-0.2, 0) is 6.61 Å². The molecular formula is C19H23NO2. The Kier molecular flexibility index (Phi) is 4.44. The van der Waals surface area contributed by atoms with E-state index < -0.39 is 0 Å². The van der Waals surface area contributed by atoms with Crippen molar-refractivity contribution in [1.29, 1.82) is 0 Å². The summed E-state index contributed by atoms with van der Waals surface area (Å²) in [5.41, 5.74) is 3.70. The topological polar surface area (TPSA) is 42.2 Å². The molecule has 22 heavy (non-hydrogen) atoms. The van der Waals surface area contributed by atoms with Crippen LogP contribution in [0.3, 0.4) is 0 Å². The van der Waals surface area contributed by atoms with Crippen LogP contribution in [0.25, 0.3) is 11.3 Å². The molecule has 116 valence electrons. The van der Waals surface area contributed by atoms with E-state index >= 15 is 0 Å². The molecule has 0 bridgehead atoms. The van der Waals surface area contributed by atoms with Gasteiger partial charge in [0.25, 0.3) is 5.56 Å². The third-order valence-electron chi connectivity index (χ3n) is 4.65. The van der Waals surface area contributed by atoms with E-state index in [-0.39, 0.29) is 18.2 Å². The Bertz CT molecular complexity index is 694. The first-order chi connectivity index (χ1) is 10.7. The maximum atomic E-state index is 12.8. The second-order valence-corrected chi connectivity index (χ2v) is 6.23. The van der Waals surface area contributed by atoms with Crippen LogP contribution in [0.4, 0.5) is 0 Å². The van der Waals surface area contributed by atoms with Gasteiger partial charge in [-0.2, -0.15) is 0 Å². The van der Waals surface area contributed by atoms with Crippen molar-refractivity contribution < 1.29 is 5.11 Å². The summed E-state index contributed by atoms with van der Waals surface area (Å²) in [6.07, 6.45) is 5.70. The number of nitrogens with zero attached hydrogens (tertiary/aromatic N) is 1. The maximum Gasteiger partial charge on any atom is 0.256 e. The fourth-order valence-corrected chi connectivity index (χ4v) is 3.38. The van der Waals surface area contributed by atoms with Crippen molar-refractivity contribution in [3.05, 3.63) is 57.9 Å². The Morgan fingerprint density at radius 3 is 2.36 bits per heavy atom. The molecule has 1 aliphatic carbocycles. The number of aromatic nitrogens is 1. The van der Waals surface area contributed by atoms with Gasteiger partial charge in [0.15, 0.2) is 0 Å². The Morgan fingerprint density at radius 1 is 1.05 bits per heavy atom. The number of aliphatic hydroxyl groups is 1. The molecule has 0 amide bonds. The number of pyridine rings is 1. The van der Waals surface area contributed by atoms with Crippen LogP contribution in [0.15, 0.2) is 41.2 Å². The van der Waals surface area contributed by atoms with Crippen molar-refractivity contribution in [2.24, 2.45) is 0 Å². The van der Waals surface area contributed by atoms with Crippen LogP contribution in [0.2, 0.25) is 0 Å². The van der Waals surface area contributed by atoms with E-state index in [9.17, 15) is 9.90 Å². The number of rotatable bonds is 3. The van der Waals surface area contributed by atoms with Gasteiger partial charge < -0.3 is 9.67 Å². The quantitative estimate of drug-likeness (QED) is 0.935. The predicted molar refractivity (Wildman–Crippen MR) is 88.9 cm³/mol. The third-order valence-corrected chi connectivity index (χ3v) is 4.65. The molecule has 1 aromatic heterocycles. The van der Waals surface area contributed by atoms with Gasteiger partial charge in [-0.15, -0.1) is 0 Å². The zero-order valence-electron chi connectivity index (χ0n) is 13.1. The lowest BCUT2D eigenvalue weighted by Gasteiger charge is -2.27. The Morgan fingerprint density at radius 2 is 1.73 bits per heavy atom. The van der Waals surface area contributed by atoms with Crippen LogP contribution < -0.4 is 5.56 Å². The van der Waals surface area contributed by atoms with Gasteiger partial charge in [-0.25, -0.2) is 0 Å². The highest BCUT2D eigenvalue weighted by atomic mass is 16.3. The Hall–Kier alpha value is -1.87. The summed E-state index contributed by atoms with van der Waals surface area (Å²) >= 11 is 0. The second kappa shape index (κ2) is 6.49. The minimum Gasteiger partial charge on any atom is -0.391 e. The van der Waals surface area contributed by atoms with Crippen LogP contribution in [0.5, 0.6) is 0 Å². The fourth-order valence-electron chi connectivity index (χ4n) is 3.38. The monoisotopic (exact) mass is 297 g/mol. The molecular weight excluding hydrogens is 274 g/mol. The number of benzene rings is 1. The van der Waals surface area contributed by atoms with Crippen molar-refractivity contribution in [3.8, 4) is 11.3 Å². The first-order valence-corrected chi connectivity index (χ1v) is 8.13. The summed E-state index contributed by atoms with van der Waals surface area (Å²) in [6.45, 7) is 1.87. The molecule has 3 rings (SSSR count). The van der Waals surface area contributed by atoms with E-state index in [2.05, 4.69) is 31.2 Å². The molecule has 0 radical (unpaired) electrons. The predicted octanol–water partition coefficient (Wildman–Crippen LogP) is 3.82. The molecule has 1 heterocycles.